The maximum absolute atomic E-state index is 13.1. The fourth-order valence-corrected chi connectivity index (χ4v) is 3.40. The number of benzene rings is 1. The van der Waals surface area contributed by atoms with Gasteiger partial charge in [-0.1, -0.05) is 12.1 Å². The lowest BCUT2D eigenvalue weighted by Gasteiger charge is -2.41. The van der Waals surface area contributed by atoms with Gasteiger partial charge in [-0.3, -0.25) is 4.90 Å². The van der Waals surface area contributed by atoms with Crippen LogP contribution in [0, 0.1) is 11.7 Å². The largest absolute Gasteiger partial charge is 0.326 e. The van der Waals surface area contributed by atoms with E-state index in [9.17, 15) is 4.39 Å². The summed E-state index contributed by atoms with van der Waals surface area (Å²) in [6.45, 7) is 7.67. The molecule has 1 saturated heterocycles. The molecule has 3 nitrogen and oxygen atoms in total. The van der Waals surface area contributed by atoms with Gasteiger partial charge in [0.15, 0.2) is 0 Å². The van der Waals surface area contributed by atoms with Crippen molar-refractivity contribution in [1.29, 1.82) is 0 Å². The third-order valence-electron chi connectivity index (χ3n) is 4.72. The summed E-state index contributed by atoms with van der Waals surface area (Å²) < 4.78 is 13.1. The van der Waals surface area contributed by atoms with Crippen LogP contribution in [0.3, 0.4) is 0 Å². The average Bonchev–Trinajstić information content (AvgIpc) is 3.27. The summed E-state index contributed by atoms with van der Waals surface area (Å²) in [5.74, 6) is 0.773. The summed E-state index contributed by atoms with van der Waals surface area (Å²) in [6, 6.07) is 7.06. The molecular weight excluding hydrogens is 265 g/mol. The molecule has 2 unspecified atom stereocenters. The maximum atomic E-state index is 13.1. The third kappa shape index (κ3) is 3.82. The predicted molar refractivity (Wildman–Crippen MR) is 83.5 cm³/mol. The second-order valence-electron chi connectivity index (χ2n) is 6.64. The summed E-state index contributed by atoms with van der Waals surface area (Å²) in [5, 5.41) is 0. The van der Waals surface area contributed by atoms with Crippen molar-refractivity contribution in [3.05, 3.63) is 35.6 Å². The van der Waals surface area contributed by atoms with E-state index in [1.54, 1.807) is 0 Å². The number of rotatable bonds is 5. The fourth-order valence-electron chi connectivity index (χ4n) is 3.40. The molecule has 1 aromatic rings. The van der Waals surface area contributed by atoms with E-state index in [0.29, 0.717) is 0 Å². The lowest BCUT2D eigenvalue weighted by Crippen LogP contribution is -2.51. The number of piperazine rings is 1. The standard InChI is InChI=1S/C17H26FN3/c1-13(19)17(15-4-6-16(18)7-5-15)21-10-8-20(9-11-21)12-14-2-3-14/h4-7,13-14,17H,2-3,8-12,19H2,1H3. The molecule has 1 saturated carbocycles. The molecule has 2 N–H and O–H groups in total. The van der Waals surface area contributed by atoms with Gasteiger partial charge in [-0.25, -0.2) is 4.39 Å². The van der Waals surface area contributed by atoms with Crippen LogP contribution in [-0.4, -0.2) is 48.6 Å². The Morgan fingerprint density at radius 1 is 1.14 bits per heavy atom. The number of hydrogen-bond donors (Lipinski definition) is 1. The van der Waals surface area contributed by atoms with Crippen LogP contribution in [0.2, 0.25) is 0 Å². The second-order valence-corrected chi connectivity index (χ2v) is 6.64. The third-order valence-corrected chi connectivity index (χ3v) is 4.72. The Labute approximate surface area is 126 Å². The smallest absolute Gasteiger partial charge is 0.123 e. The molecule has 21 heavy (non-hydrogen) atoms. The van der Waals surface area contributed by atoms with Crippen LogP contribution in [0.1, 0.15) is 31.4 Å². The molecule has 0 aromatic heterocycles. The predicted octanol–water partition coefficient (Wildman–Crippen LogP) is 2.24. The molecule has 1 aliphatic heterocycles. The van der Waals surface area contributed by atoms with E-state index in [0.717, 1.165) is 37.7 Å². The van der Waals surface area contributed by atoms with Gasteiger partial charge in [0, 0.05) is 44.8 Å². The molecular formula is C17H26FN3. The van der Waals surface area contributed by atoms with E-state index < -0.39 is 0 Å². The molecule has 2 fully saturated rings. The monoisotopic (exact) mass is 291 g/mol. The SMILES string of the molecule is CC(N)C(c1ccc(F)cc1)N1CCN(CC2CC2)CC1. The van der Waals surface area contributed by atoms with Crippen molar-refractivity contribution in [2.24, 2.45) is 11.7 Å². The summed E-state index contributed by atoms with van der Waals surface area (Å²) in [6.07, 6.45) is 2.83. The Morgan fingerprint density at radius 2 is 1.76 bits per heavy atom. The van der Waals surface area contributed by atoms with Crippen LogP contribution in [0.4, 0.5) is 4.39 Å². The second kappa shape index (κ2) is 6.42. The van der Waals surface area contributed by atoms with Gasteiger partial charge in [0.25, 0.3) is 0 Å². The van der Waals surface area contributed by atoms with Crippen molar-refractivity contribution in [3.8, 4) is 0 Å². The van der Waals surface area contributed by atoms with Gasteiger partial charge in [0.2, 0.25) is 0 Å². The summed E-state index contributed by atoms with van der Waals surface area (Å²) in [4.78, 5) is 5.04. The van der Waals surface area contributed by atoms with Crippen LogP contribution in [0.25, 0.3) is 0 Å². The molecule has 0 bridgehead atoms. The van der Waals surface area contributed by atoms with Crippen LogP contribution in [-0.2, 0) is 0 Å². The minimum Gasteiger partial charge on any atom is -0.326 e. The summed E-state index contributed by atoms with van der Waals surface area (Å²) >= 11 is 0. The van der Waals surface area contributed by atoms with E-state index in [1.807, 2.05) is 19.1 Å². The lowest BCUT2D eigenvalue weighted by atomic mass is 9.98. The van der Waals surface area contributed by atoms with Crippen molar-refractivity contribution in [2.75, 3.05) is 32.7 Å². The fraction of sp³-hybridized carbons (Fsp3) is 0.647. The van der Waals surface area contributed by atoms with E-state index in [2.05, 4.69) is 9.80 Å². The van der Waals surface area contributed by atoms with Gasteiger partial charge in [-0.15, -0.1) is 0 Å². The zero-order chi connectivity index (χ0) is 14.8. The first-order valence-electron chi connectivity index (χ1n) is 8.11. The van der Waals surface area contributed by atoms with E-state index in [1.165, 1.54) is 31.5 Å². The lowest BCUT2D eigenvalue weighted by molar-refractivity contribution is 0.0842. The molecule has 116 valence electrons. The Bertz CT molecular complexity index is 448. The van der Waals surface area contributed by atoms with Gasteiger partial charge in [-0.05, 0) is 43.4 Å². The molecule has 2 atom stereocenters. The first-order chi connectivity index (χ1) is 10.1. The molecule has 0 spiro atoms. The molecule has 1 aromatic carbocycles. The van der Waals surface area contributed by atoms with Crippen molar-refractivity contribution < 1.29 is 4.39 Å². The van der Waals surface area contributed by atoms with Crippen LogP contribution < -0.4 is 5.73 Å². The highest BCUT2D eigenvalue weighted by Gasteiger charge is 2.30. The topological polar surface area (TPSA) is 32.5 Å². The molecule has 1 heterocycles. The van der Waals surface area contributed by atoms with Crippen molar-refractivity contribution >= 4 is 0 Å². The van der Waals surface area contributed by atoms with Crippen molar-refractivity contribution in [3.63, 3.8) is 0 Å². The highest BCUT2D eigenvalue weighted by atomic mass is 19.1. The Hall–Kier alpha value is -0.970. The van der Waals surface area contributed by atoms with Crippen LogP contribution >= 0.6 is 0 Å². The highest BCUT2D eigenvalue weighted by Crippen LogP contribution is 2.31. The van der Waals surface area contributed by atoms with Gasteiger partial charge in [-0.2, -0.15) is 0 Å². The molecule has 4 heteroatoms. The first-order valence-corrected chi connectivity index (χ1v) is 8.11. The quantitative estimate of drug-likeness (QED) is 0.903. The zero-order valence-electron chi connectivity index (χ0n) is 12.8. The molecule has 0 amide bonds. The van der Waals surface area contributed by atoms with Gasteiger partial charge in [0.1, 0.15) is 5.82 Å². The summed E-state index contributed by atoms with van der Waals surface area (Å²) in [5.41, 5.74) is 7.34. The maximum Gasteiger partial charge on any atom is 0.123 e. The molecule has 3 rings (SSSR count). The van der Waals surface area contributed by atoms with E-state index in [4.69, 9.17) is 5.73 Å². The molecule has 1 aliphatic carbocycles. The van der Waals surface area contributed by atoms with Gasteiger partial charge in [0.05, 0.1) is 0 Å². The Morgan fingerprint density at radius 3 is 2.29 bits per heavy atom. The normalized spacial score (nSPS) is 24.0. The van der Waals surface area contributed by atoms with E-state index >= 15 is 0 Å². The van der Waals surface area contributed by atoms with Crippen LogP contribution in [0.15, 0.2) is 24.3 Å². The molecule has 2 aliphatic rings. The number of hydrogen-bond acceptors (Lipinski definition) is 3. The zero-order valence-corrected chi connectivity index (χ0v) is 12.8. The number of nitrogens with two attached hydrogens (primary N) is 1. The van der Waals surface area contributed by atoms with Gasteiger partial charge < -0.3 is 10.6 Å². The Kier molecular flexibility index (Phi) is 4.57. The van der Waals surface area contributed by atoms with Gasteiger partial charge >= 0.3 is 0 Å². The first kappa shape index (κ1) is 14.9. The minimum atomic E-state index is -0.184. The minimum absolute atomic E-state index is 0.0467. The van der Waals surface area contributed by atoms with E-state index in [-0.39, 0.29) is 17.9 Å². The number of halogens is 1. The van der Waals surface area contributed by atoms with Crippen LogP contribution in [0.5, 0.6) is 0 Å². The van der Waals surface area contributed by atoms with Crippen molar-refractivity contribution in [1.82, 2.24) is 9.80 Å². The van der Waals surface area contributed by atoms with Crippen molar-refractivity contribution in [2.45, 2.75) is 31.8 Å². The average molecular weight is 291 g/mol. The highest BCUT2D eigenvalue weighted by molar-refractivity contribution is 5.21. The summed E-state index contributed by atoms with van der Waals surface area (Å²) in [7, 11) is 0. The Balaban J connectivity index is 1.63. The number of nitrogens with zero attached hydrogens (tertiary/aromatic N) is 2. The molecule has 0 radical (unpaired) electrons.